The molecule has 0 atom stereocenters. The molecule has 0 amide bonds. The van der Waals surface area contributed by atoms with Crippen molar-refractivity contribution in [3.8, 4) is 0 Å². The van der Waals surface area contributed by atoms with Gasteiger partial charge in [-0.25, -0.2) is 0 Å². The largest absolute Gasteiger partial charge is 0.253 e. The van der Waals surface area contributed by atoms with Crippen LogP contribution in [-0.2, 0) is 0 Å². The van der Waals surface area contributed by atoms with Crippen LogP contribution in [0.5, 0.6) is 0 Å². The zero-order chi connectivity index (χ0) is 12.1. The molecule has 1 nitrogen and oxygen atoms in total. The van der Waals surface area contributed by atoms with Crippen molar-refractivity contribution >= 4 is 5.71 Å². The zero-order valence-electron chi connectivity index (χ0n) is 10.4. The van der Waals surface area contributed by atoms with Crippen molar-refractivity contribution in [1.82, 2.24) is 0 Å². The number of hydrogen-bond donors (Lipinski definition) is 0. The standard InChI is InChI=1S/C16H19N/c1-3-8-13(9-4-2)16-12-14-10-6-5-7-11-15(14)17-16/h3-4,8-11H,1,5-7,12H2,2H3/b9-4-,13-8+. The lowest BCUT2D eigenvalue weighted by Gasteiger charge is -1.99. The summed E-state index contributed by atoms with van der Waals surface area (Å²) >= 11 is 0. The monoisotopic (exact) mass is 225 g/mol. The molecule has 0 radical (unpaired) electrons. The minimum Gasteiger partial charge on any atom is -0.253 e. The molecule has 0 saturated carbocycles. The van der Waals surface area contributed by atoms with Gasteiger partial charge in [0.25, 0.3) is 0 Å². The van der Waals surface area contributed by atoms with Gasteiger partial charge < -0.3 is 0 Å². The van der Waals surface area contributed by atoms with Gasteiger partial charge in [0, 0.05) is 6.42 Å². The molecule has 1 heteroatoms. The number of aliphatic imine (C=N–C) groups is 1. The molecule has 17 heavy (non-hydrogen) atoms. The molecular weight excluding hydrogens is 206 g/mol. The Labute approximate surface area is 104 Å². The van der Waals surface area contributed by atoms with Crippen LogP contribution in [0.3, 0.4) is 0 Å². The van der Waals surface area contributed by atoms with E-state index in [0.717, 1.165) is 12.8 Å². The lowest BCUT2D eigenvalue weighted by Crippen LogP contribution is -1.96. The van der Waals surface area contributed by atoms with Gasteiger partial charge >= 0.3 is 0 Å². The van der Waals surface area contributed by atoms with E-state index in [1.54, 1.807) is 0 Å². The summed E-state index contributed by atoms with van der Waals surface area (Å²) in [5.74, 6) is 0. The van der Waals surface area contributed by atoms with E-state index in [1.165, 1.54) is 35.4 Å². The second-order valence-electron chi connectivity index (χ2n) is 4.34. The van der Waals surface area contributed by atoms with E-state index in [4.69, 9.17) is 4.99 Å². The van der Waals surface area contributed by atoms with Gasteiger partial charge in [-0.2, -0.15) is 0 Å². The van der Waals surface area contributed by atoms with Gasteiger partial charge in [-0.15, -0.1) is 0 Å². The Morgan fingerprint density at radius 1 is 1.35 bits per heavy atom. The maximum absolute atomic E-state index is 4.75. The van der Waals surface area contributed by atoms with Crippen molar-refractivity contribution in [2.24, 2.45) is 4.99 Å². The summed E-state index contributed by atoms with van der Waals surface area (Å²) in [6, 6.07) is 0. The average molecular weight is 225 g/mol. The van der Waals surface area contributed by atoms with Gasteiger partial charge in [0.05, 0.1) is 11.4 Å². The van der Waals surface area contributed by atoms with Crippen molar-refractivity contribution in [2.45, 2.75) is 32.6 Å². The molecule has 0 fully saturated rings. The van der Waals surface area contributed by atoms with Crippen molar-refractivity contribution in [3.05, 3.63) is 59.9 Å². The summed E-state index contributed by atoms with van der Waals surface area (Å²) in [7, 11) is 0. The summed E-state index contributed by atoms with van der Waals surface area (Å²) < 4.78 is 0. The molecule has 0 unspecified atom stereocenters. The van der Waals surface area contributed by atoms with Crippen LogP contribution in [0.25, 0.3) is 0 Å². The van der Waals surface area contributed by atoms with Crippen LogP contribution in [-0.4, -0.2) is 5.71 Å². The molecule has 1 aliphatic heterocycles. The molecule has 88 valence electrons. The predicted molar refractivity (Wildman–Crippen MR) is 75.2 cm³/mol. The number of hydrogen-bond acceptors (Lipinski definition) is 1. The normalized spacial score (nSPS) is 20.5. The number of rotatable bonds is 3. The fourth-order valence-corrected chi connectivity index (χ4v) is 2.24. The molecule has 2 aliphatic rings. The van der Waals surface area contributed by atoms with E-state index >= 15 is 0 Å². The number of fused-ring (bicyclic) bond motifs is 1. The molecule has 0 aromatic heterocycles. The van der Waals surface area contributed by atoms with Gasteiger partial charge in [-0.1, -0.05) is 43.0 Å². The Bertz CT molecular complexity index is 456. The first-order chi connectivity index (χ1) is 8.35. The fraction of sp³-hybridized carbons (Fsp3) is 0.312. The minimum atomic E-state index is 0.968. The first-order valence-corrected chi connectivity index (χ1v) is 6.28. The van der Waals surface area contributed by atoms with E-state index in [0.29, 0.717) is 0 Å². The highest BCUT2D eigenvalue weighted by atomic mass is 14.8. The van der Waals surface area contributed by atoms with E-state index in [2.05, 4.69) is 30.9 Å². The average Bonchev–Trinajstić information content (AvgIpc) is 2.60. The number of allylic oxidation sites excluding steroid dienone is 8. The maximum atomic E-state index is 4.75. The topological polar surface area (TPSA) is 12.4 Å². The smallest absolute Gasteiger partial charge is 0.0626 e. The molecular formula is C16H19N. The molecule has 1 heterocycles. The summed E-state index contributed by atoms with van der Waals surface area (Å²) in [5, 5.41) is 0. The Morgan fingerprint density at radius 3 is 2.94 bits per heavy atom. The second kappa shape index (κ2) is 5.62. The zero-order valence-corrected chi connectivity index (χ0v) is 10.4. The van der Waals surface area contributed by atoms with E-state index < -0.39 is 0 Å². The highest BCUT2D eigenvalue weighted by Crippen LogP contribution is 2.30. The summed E-state index contributed by atoms with van der Waals surface area (Å²) in [4.78, 5) is 4.75. The lowest BCUT2D eigenvalue weighted by molar-refractivity contribution is 0.872. The third-order valence-electron chi connectivity index (χ3n) is 3.06. The Hall–Kier alpha value is -1.63. The minimum absolute atomic E-state index is 0.968. The van der Waals surface area contributed by atoms with Gasteiger partial charge in [0.15, 0.2) is 0 Å². The molecule has 0 N–H and O–H groups in total. The van der Waals surface area contributed by atoms with Crippen LogP contribution >= 0.6 is 0 Å². The maximum Gasteiger partial charge on any atom is 0.0626 e. The van der Waals surface area contributed by atoms with Crippen LogP contribution in [0.1, 0.15) is 32.6 Å². The van der Waals surface area contributed by atoms with Crippen molar-refractivity contribution in [3.63, 3.8) is 0 Å². The quantitative estimate of drug-likeness (QED) is 0.626. The highest BCUT2D eigenvalue weighted by Gasteiger charge is 2.19. The Balaban J connectivity index is 2.30. The van der Waals surface area contributed by atoms with Crippen LogP contribution in [0, 0.1) is 0 Å². The SMILES string of the molecule is C=C/C=C(\C=C/C)C1=NC2=CCCCC=C2C1. The summed E-state index contributed by atoms with van der Waals surface area (Å²) in [5.41, 5.74) is 4.94. The van der Waals surface area contributed by atoms with Crippen LogP contribution in [0.2, 0.25) is 0 Å². The molecule has 2 rings (SSSR count). The van der Waals surface area contributed by atoms with E-state index in [-0.39, 0.29) is 0 Å². The van der Waals surface area contributed by atoms with E-state index in [1.807, 2.05) is 19.1 Å². The molecule has 0 saturated heterocycles. The first-order valence-electron chi connectivity index (χ1n) is 6.28. The molecule has 0 aromatic carbocycles. The predicted octanol–water partition coefficient (Wildman–Crippen LogP) is 4.51. The molecule has 0 bridgehead atoms. The fourth-order valence-electron chi connectivity index (χ4n) is 2.24. The molecule has 0 spiro atoms. The number of nitrogens with zero attached hydrogens (tertiary/aromatic N) is 1. The van der Waals surface area contributed by atoms with Crippen molar-refractivity contribution < 1.29 is 0 Å². The van der Waals surface area contributed by atoms with Crippen LogP contribution in [0.15, 0.2) is 64.9 Å². The molecule has 0 aromatic rings. The third kappa shape index (κ3) is 2.73. The van der Waals surface area contributed by atoms with Gasteiger partial charge in [0.2, 0.25) is 0 Å². The lowest BCUT2D eigenvalue weighted by atomic mass is 10.0. The van der Waals surface area contributed by atoms with Crippen molar-refractivity contribution in [2.75, 3.05) is 0 Å². The van der Waals surface area contributed by atoms with Crippen molar-refractivity contribution in [1.29, 1.82) is 0 Å². The van der Waals surface area contributed by atoms with Crippen LogP contribution in [0.4, 0.5) is 0 Å². The molecule has 1 aliphatic carbocycles. The second-order valence-corrected chi connectivity index (χ2v) is 4.34. The Morgan fingerprint density at radius 2 is 2.18 bits per heavy atom. The van der Waals surface area contributed by atoms with Gasteiger partial charge in [-0.3, -0.25) is 4.99 Å². The summed E-state index contributed by atoms with van der Waals surface area (Å²) in [6.07, 6.45) is 17.2. The highest BCUT2D eigenvalue weighted by molar-refractivity contribution is 6.07. The van der Waals surface area contributed by atoms with Gasteiger partial charge in [0.1, 0.15) is 0 Å². The van der Waals surface area contributed by atoms with Crippen LogP contribution < -0.4 is 0 Å². The van der Waals surface area contributed by atoms with E-state index in [9.17, 15) is 0 Å². The third-order valence-corrected chi connectivity index (χ3v) is 3.06. The first kappa shape index (κ1) is 11.8. The van der Waals surface area contributed by atoms with Gasteiger partial charge in [-0.05, 0) is 37.3 Å². The summed E-state index contributed by atoms with van der Waals surface area (Å²) in [6.45, 7) is 5.80. The Kier molecular flexibility index (Phi) is 3.92.